The van der Waals surface area contributed by atoms with Crippen molar-refractivity contribution in [2.24, 2.45) is 0 Å². The van der Waals surface area contributed by atoms with Gasteiger partial charge in [-0.2, -0.15) is 0 Å². The van der Waals surface area contributed by atoms with Crippen molar-refractivity contribution in [2.45, 2.75) is 18.9 Å². The van der Waals surface area contributed by atoms with E-state index < -0.39 is 0 Å². The molecular weight excluding hydrogens is 281 g/mol. The predicted octanol–water partition coefficient (Wildman–Crippen LogP) is 4.05. The minimum Gasteiger partial charge on any atom is -0.488 e. The van der Waals surface area contributed by atoms with Gasteiger partial charge in [-0.05, 0) is 31.5 Å². The van der Waals surface area contributed by atoms with Crippen molar-refractivity contribution in [3.05, 3.63) is 41.4 Å². The van der Waals surface area contributed by atoms with Crippen LogP contribution in [-0.2, 0) is 0 Å². The lowest BCUT2D eigenvalue weighted by Crippen LogP contribution is -2.37. The number of rotatable bonds is 2. The Bertz CT molecular complexity index is 553. The second-order valence-electron chi connectivity index (χ2n) is 4.68. The molecule has 0 aromatic heterocycles. The molecule has 1 unspecified atom stereocenters. The van der Waals surface area contributed by atoms with Gasteiger partial charge in [-0.25, -0.2) is 0 Å². The smallest absolute Gasteiger partial charge is 0.127 e. The zero-order valence-corrected chi connectivity index (χ0v) is 12.1. The van der Waals surface area contributed by atoms with E-state index in [-0.39, 0.29) is 18.5 Å². The van der Waals surface area contributed by atoms with Gasteiger partial charge < -0.3 is 10.1 Å². The van der Waals surface area contributed by atoms with Gasteiger partial charge in [0, 0.05) is 22.3 Å². The third-order valence-corrected chi connectivity index (χ3v) is 3.71. The summed E-state index contributed by atoms with van der Waals surface area (Å²) in [7, 11) is 0. The summed E-state index contributed by atoms with van der Waals surface area (Å²) < 4.78 is 6.10. The van der Waals surface area contributed by atoms with E-state index in [2.05, 4.69) is 11.4 Å². The second kappa shape index (κ2) is 6.47. The van der Waals surface area contributed by atoms with E-state index in [1.807, 2.05) is 30.3 Å². The number of halogens is 2. The van der Waals surface area contributed by atoms with E-state index in [9.17, 15) is 0 Å². The van der Waals surface area contributed by atoms with Crippen molar-refractivity contribution in [3.8, 4) is 5.75 Å². The summed E-state index contributed by atoms with van der Waals surface area (Å²) in [6.07, 6.45) is 2.56. The molecule has 4 heteroatoms. The first-order chi connectivity index (χ1) is 8.84. The molecule has 1 saturated heterocycles. The van der Waals surface area contributed by atoms with E-state index in [0.717, 1.165) is 41.1 Å². The van der Waals surface area contributed by atoms with Crippen molar-refractivity contribution < 1.29 is 4.74 Å². The molecule has 2 nitrogen and oxygen atoms in total. The van der Waals surface area contributed by atoms with Crippen LogP contribution in [0.5, 0.6) is 5.75 Å². The Morgan fingerprint density at radius 1 is 1.11 bits per heavy atom. The summed E-state index contributed by atoms with van der Waals surface area (Å²) in [6.45, 7) is 2.03. The number of piperidine rings is 1. The van der Waals surface area contributed by atoms with Crippen molar-refractivity contribution >= 4 is 34.8 Å². The van der Waals surface area contributed by atoms with Crippen LogP contribution in [-0.4, -0.2) is 19.2 Å². The van der Waals surface area contributed by atoms with Gasteiger partial charge in [0.05, 0.1) is 0 Å². The summed E-state index contributed by atoms with van der Waals surface area (Å²) in [5, 5.41) is 6.29. The van der Waals surface area contributed by atoms with Crippen molar-refractivity contribution in [1.29, 1.82) is 0 Å². The summed E-state index contributed by atoms with van der Waals surface area (Å²) in [5.74, 6) is 0.934. The second-order valence-corrected chi connectivity index (χ2v) is 5.08. The monoisotopic (exact) mass is 297 g/mol. The maximum absolute atomic E-state index is 6.20. The molecule has 1 heterocycles. The number of fused-ring (bicyclic) bond motifs is 1. The fourth-order valence-electron chi connectivity index (χ4n) is 2.44. The zero-order chi connectivity index (χ0) is 12.4. The highest BCUT2D eigenvalue weighted by Gasteiger charge is 2.15. The minimum absolute atomic E-state index is 0. The fraction of sp³-hybridized carbons (Fsp3) is 0.333. The van der Waals surface area contributed by atoms with Gasteiger partial charge in [0.2, 0.25) is 0 Å². The Kier molecular flexibility index (Phi) is 4.92. The van der Waals surface area contributed by atoms with Crippen LogP contribution in [0.3, 0.4) is 0 Å². The minimum atomic E-state index is 0. The number of hydrogen-bond donors (Lipinski definition) is 1. The number of benzene rings is 2. The van der Waals surface area contributed by atoms with E-state index >= 15 is 0 Å². The van der Waals surface area contributed by atoms with Gasteiger partial charge in [0.15, 0.2) is 0 Å². The molecule has 0 bridgehead atoms. The van der Waals surface area contributed by atoms with Crippen LogP contribution in [0.4, 0.5) is 0 Å². The lowest BCUT2D eigenvalue weighted by molar-refractivity contribution is 0.169. The number of hydrogen-bond acceptors (Lipinski definition) is 2. The molecule has 102 valence electrons. The molecule has 0 radical (unpaired) electrons. The molecular formula is C15H17Cl2NO. The summed E-state index contributed by atoms with van der Waals surface area (Å²) in [5.41, 5.74) is 0. The van der Waals surface area contributed by atoms with E-state index in [1.165, 1.54) is 6.42 Å². The molecule has 1 aliphatic rings. The lowest BCUT2D eigenvalue weighted by Gasteiger charge is -2.24. The Hall–Kier alpha value is -0.960. The van der Waals surface area contributed by atoms with Gasteiger partial charge in [-0.3, -0.25) is 0 Å². The van der Waals surface area contributed by atoms with Gasteiger partial charge in [-0.15, -0.1) is 12.4 Å². The van der Waals surface area contributed by atoms with Crippen LogP contribution in [0.1, 0.15) is 12.8 Å². The quantitative estimate of drug-likeness (QED) is 0.903. The maximum Gasteiger partial charge on any atom is 0.127 e. The van der Waals surface area contributed by atoms with Crippen LogP contribution < -0.4 is 10.1 Å². The summed E-state index contributed by atoms with van der Waals surface area (Å²) in [4.78, 5) is 0. The Morgan fingerprint density at radius 3 is 2.63 bits per heavy atom. The number of nitrogens with one attached hydrogen (secondary N) is 1. The molecule has 2 aromatic carbocycles. The molecule has 2 aromatic rings. The van der Waals surface area contributed by atoms with Crippen LogP contribution >= 0.6 is 24.0 Å². The molecule has 0 aliphatic carbocycles. The predicted molar refractivity (Wildman–Crippen MR) is 82.7 cm³/mol. The molecule has 1 N–H and O–H groups in total. The van der Waals surface area contributed by atoms with E-state index in [4.69, 9.17) is 16.3 Å². The van der Waals surface area contributed by atoms with E-state index in [1.54, 1.807) is 0 Å². The molecule has 0 saturated carbocycles. The zero-order valence-electron chi connectivity index (χ0n) is 10.6. The van der Waals surface area contributed by atoms with Crippen molar-refractivity contribution in [3.63, 3.8) is 0 Å². The molecule has 0 amide bonds. The molecule has 0 spiro atoms. The summed E-state index contributed by atoms with van der Waals surface area (Å²) in [6, 6.07) is 12.0. The van der Waals surface area contributed by atoms with Crippen LogP contribution in [0, 0.1) is 0 Å². The standard InChI is InChI=1S/C15H16ClNO.ClH/c16-14-7-8-15(13-6-2-1-5-12(13)14)18-11-4-3-9-17-10-11;/h1-2,5-8,11,17H,3-4,9-10H2;1H. The normalized spacial score (nSPS) is 18.9. The topological polar surface area (TPSA) is 21.3 Å². The van der Waals surface area contributed by atoms with Gasteiger partial charge in [-0.1, -0.05) is 35.9 Å². The maximum atomic E-state index is 6.20. The molecule has 1 aliphatic heterocycles. The Labute approximate surface area is 124 Å². The highest BCUT2D eigenvalue weighted by Crippen LogP contribution is 2.32. The lowest BCUT2D eigenvalue weighted by atomic mass is 10.1. The average molecular weight is 298 g/mol. The van der Waals surface area contributed by atoms with Gasteiger partial charge in [0.25, 0.3) is 0 Å². The van der Waals surface area contributed by atoms with Crippen LogP contribution in [0.15, 0.2) is 36.4 Å². The first-order valence-electron chi connectivity index (χ1n) is 6.39. The molecule has 3 rings (SSSR count). The number of ether oxygens (including phenoxy) is 1. The average Bonchev–Trinajstić information content (AvgIpc) is 2.44. The third kappa shape index (κ3) is 3.14. The third-order valence-electron chi connectivity index (χ3n) is 3.38. The molecule has 1 fully saturated rings. The first-order valence-corrected chi connectivity index (χ1v) is 6.77. The van der Waals surface area contributed by atoms with Gasteiger partial charge >= 0.3 is 0 Å². The fourth-order valence-corrected chi connectivity index (χ4v) is 2.67. The van der Waals surface area contributed by atoms with E-state index in [0.29, 0.717) is 0 Å². The highest BCUT2D eigenvalue weighted by atomic mass is 35.5. The van der Waals surface area contributed by atoms with Crippen molar-refractivity contribution in [1.82, 2.24) is 5.32 Å². The van der Waals surface area contributed by atoms with Crippen molar-refractivity contribution in [2.75, 3.05) is 13.1 Å². The molecule has 1 atom stereocenters. The molecule has 19 heavy (non-hydrogen) atoms. The largest absolute Gasteiger partial charge is 0.488 e. The Balaban J connectivity index is 0.00000133. The van der Waals surface area contributed by atoms with Crippen LogP contribution in [0.2, 0.25) is 5.02 Å². The van der Waals surface area contributed by atoms with Crippen LogP contribution in [0.25, 0.3) is 10.8 Å². The Morgan fingerprint density at radius 2 is 1.89 bits per heavy atom. The summed E-state index contributed by atoms with van der Waals surface area (Å²) >= 11 is 6.20. The highest BCUT2D eigenvalue weighted by molar-refractivity contribution is 6.35. The first kappa shape index (κ1) is 14.4. The SMILES string of the molecule is Cl.Clc1ccc(OC2CCCNC2)c2ccccc12. The van der Waals surface area contributed by atoms with Gasteiger partial charge in [0.1, 0.15) is 11.9 Å².